The first-order chi connectivity index (χ1) is 16.5. The highest BCUT2D eigenvalue weighted by molar-refractivity contribution is 7.52. The van der Waals surface area contributed by atoms with Crippen LogP contribution in [0.15, 0.2) is 52.2 Å². The molecule has 0 spiro atoms. The van der Waals surface area contributed by atoms with Crippen molar-refractivity contribution in [1.29, 1.82) is 0 Å². The molecule has 1 aliphatic heterocycles. The van der Waals surface area contributed by atoms with Crippen molar-refractivity contribution in [3.8, 4) is 5.75 Å². The third-order valence-corrected chi connectivity index (χ3v) is 6.83. The quantitative estimate of drug-likeness (QED) is 0.311. The highest BCUT2D eigenvalue weighted by Gasteiger charge is 2.55. The summed E-state index contributed by atoms with van der Waals surface area (Å²) in [6.07, 6.45) is -3.78. The van der Waals surface area contributed by atoms with Crippen molar-refractivity contribution in [2.24, 2.45) is 0 Å². The highest BCUT2D eigenvalue weighted by atomic mass is 31.2. The van der Waals surface area contributed by atoms with Gasteiger partial charge in [0.15, 0.2) is 11.9 Å². The van der Waals surface area contributed by atoms with Crippen LogP contribution in [0.4, 0.5) is 4.39 Å². The topological polar surface area (TPSA) is 158 Å². The van der Waals surface area contributed by atoms with E-state index < -0.39 is 61.7 Å². The minimum Gasteiger partial charge on any atom is -0.465 e. The molecule has 192 valence electrons. The summed E-state index contributed by atoms with van der Waals surface area (Å²) in [6.45, 7) is 3.47. The van der Waals surface area contributed by atoms with E-state index in [2.05, 4.69) is 5.09 Å². The first-order valence-electron chi connectivity index (χ1n) is 10.7. The van der Waals surface area contributed by atoms with Gasteiger partial charge in [0.25, 0.3) is 5.56 Å². The average molecular weight is 515 g/mol. The van der Waals surface area contributed by atoms with Crippen LogP contribution in [0.25, 0.3) is 0 Å². The number of H-pyrrole nitrogens is 1. The molecular formula is C21H27FN3O9P. The number of esters is 1. The molecule has 1 fully saturated rings. The van der Waals surface area contributed by atoms with Gasteiger partial charge in [-0.3, -0.25) is 23.7 Å². The molecule has 1 aromatic heterocycles. The van der Waals surface area contributed by atoms with Crippen LogP contribution in [0.5, 0.6) is 5.75 Å². The number of para-hydroxylation sites is 1. The number of aromatic amines is 1. The number of carbonyl (C=O) groups is 1. The largest absolute Gasteiger partial charge is 0.465 e. The minimum atomic E-state index is -4.28. The number of alkyl halides is 1. The highest BCUT2D eigenvalue weighted by Crippen LogP contribution is 2.47. The predicted molar refractivity (Wildman–Crippen MR) is 121 cm³/mol. The Hall–Kier alpha value is -2.83. The lowest BCUT2D eigenvalue weighted by Gasteiger charge is -2.25. The zero-order chi connectivity index (χ0) is 25.8. The van der Waals surface area contributed by atoms with Crippen LogP contribution in [-0.4, -0.2) is 57.8 Å². The number of rotatable bonds is 10. The third kappa shape index (κ3) is 6.24. The van der Waals surface area contributed by atoms with Crippen molar-refractivity contribution in [3.05, 3.63) is 63.4 Å². The summed E-state index contributed by atoms with van der Waals surface area (Å²) in [6, 6.07) is 7.86. The van der Waals surface area contributed by atoms with E-state index in [0.717, 1.165) is 23.8 Å². The second-order valence-electron chi connectivity index (χ2n) is 7.94. The van der Waals surface area contributed by atoms with Crippen molar-refractivity contribution < 1.29 is 37.4 Å². The van der Waals surface area contributed by atoms with Crippen LogP contribution >= 0.6 is 7.75 Å². The molecule has 3 rings (SSSR count). The Labute approximate surface area is 199 Å². The Morgan fingerprint density at radius 1 is 1.34 bits per heavy atom. The van der Waals surface area contributed by atoms with Gasteiger partial charge in [-0.1, -0.05) is 18.2 Å². The molecule has 3 N–H and O–H groups in total. The first kappa shape index (κ1) is 26.8. The number of aliphatic hydroxyl groups excluding tert-OH is 1. The average Bonchev–Trinajstić information content (AvgIpc) is 3.02. The SMILES string of the molecule is CCOC(=O)[C@H](C)NP(=O)(OC[C@H]1O[C@H](n2ccc(=O)[nH]c2=O)[C@@](C)(F)[C@@H]1O)Oc1ccccc1. The number of halogens is 1. The molecule has 1 aliphatic rings. The molecule has 12 nitrogen and oxygen atoms in total. The smallest absolute Gasteiger partial charge is 0.459 e. The van der Waals surface area contributed by atoms with E-state index in [1.165, 1.54) is 19.1 Å². The maximum Gasteiger partial charge on any atom is 0.459 e. The van der Waals surface area contributed by atoms with Gasteiger partial charge in [0, 0.05) is 12.3 Å². The van der Waals surface area contributed by atoms with Crippen molar-refractivity contribution in [2.45, 2.75) is 50.9 Å². The van der Waals surface area contributed by atoms with E-state index in [9.17, 15) is 24.1 Å². The van der Waals surface area contributed by atoms with Gasteiger partial charge in [-0.2, -0.15) is 5.09 Å². The van der Waals surface area contributed by atoms with Gasteiger partial charge in [-0.25, -0.2) is 13.8 Å². The van der Waals surface area contributed by atoms with E-state index in [1.54, 1.807) is 25.1 Å². The Morgan fingerprint density at radius 3 is 2.66 bits per heavy atom. The standard InChI is InChI=1S/C21H27FN3O9P/c1-4-31-18(28)13(2)24-35(30,34-14-8-6-5-7-9-14)32-12-15-17(27)21(3,22)19(33-15)25-11-10-16(26)23-20(25)29/h5-11,13,15,17,19,27H,4,12H2,1-3H3,(H,24,30)(H,23,26,29)/t13-,15+,17+,19-,21-,35?/m0/s1. The van der Waals surface area contributed by atoms with Crippen LogP contribution in [-0.2, 0) is 23.4 Å². The lowest BCUT2D eigenvalue weighted by Crippen LogP contribution is -2.43. The number of aliphatic hydroxyl groups is 1. The molecular weight excluding hydrogens is 488 g/mol. The van der Waals surface area contributed by atoms with Gasteiger partial charge in [0.05, 0.1) is 13.2 Å². The lowest BCUT2D eigenvalue weighted by atomic mass is 9.98. The van der Waals surface area contributed by atoms with Gasteiger partial charge < -0.3 is 19.1 Å². The van der Waals surface area contributed by atoms with Crippen LogP contribution in [0.1, 0.15) is 27.0 Å². The molecule has 0 radical (unpaired) electrons. The number of carbonyl (C=O) groups excluding carboxylic acids is 1. The van der Waals surface area contributed by atoms with Crippen LogP contribution in [0, 0.1) is 0 Å². The first-order valence-corrected chi connectivity index (χ1v) is 12.3. The van der Waals surface area contributed by atoms with Gasteiger partial charge in [0.2, 0.25) is 0 Å². The Kier molecular flexibility index (Phi) is 8.29. The summed E-state index contributed by atoms with van der Waals surface area (Å²) in [5.41, 5.74) is -4.11. The second kappa shape index (κ2) is 10.8. The molecule has 0 amide bonds. The Morgan fingerprint density at radius 2 is 2.03 bits per heavy atom. The minimum absolute atomic E-state index is 0.0955. The number of benzene rings is 1. The number of aromatic nitrogens is 2. The summed E-state index contributed by atoms with van der Waals surface area (Å²) in [7, 11) is -4.28. The predicted octanol–water partition coefficient (Wildman–Crippen LogP) is 1.27. The maximum absolute atomic E-state index is 15.4. The number of nitrogens with one attached hydrogen (secondary N) is 2. The molecule has 1 unspecified atom stereocenters. The van der Waals surface area contributed by atoms with Crippen LogP contribution in [0.2, 0.25) is 0 Å². The molecule has 14 heteroatoms. The molecule has 1 aromatic carbocycles. The number of hydrogen-bond acceptors (Lipinski definition) is 9. The molecule has 0 saturated carbocycles. The van der Waals surface area contributed by atoms with Crippen LogP contribution < -0.4 is 20.9 Å². The Bertz CT molecular complexity index is 1190. The van der Waals surface area contributed by atoms with Crippen molar-refractivity contribution in [1.82, 2.24) is 14.6 Å². The number of hydrogen-bond donors (Lipinski definition) is 3. The molecule has 1 saturated heterocycles. The lowest BCUT2D eigenvalue weighted by molar-refractivity contribution is -0.144. The van der Waals surface area contributed by atoms with Gasteiger partial charge >= 0.3 is 19.4 Å². The fourth-order valence-electron chi connectivity index (χ4n) is 3.40. The van der Waals surface area contributed by atoms with E-state index in [1.807, 2.05) is 4.98 Å². The molecule has 0 aliphatic carbocycles. The summed E-state index contributed by atoms with van der Waals surface area (Å²) < 4.78 is 51.0. The normalized spacial score (nSPS) is 26.6. The summed E-state index contributed by atoms with van der Waals surface area (Å²) >= 11 is 0. The molecule has 2 heterocycles. The zero-order valence-corrected chi connectivity index (χ0v) is 20.1. The van der Waals surface area contributed by atoms with Gasteiger partial charge in [-0.05, 0) is 32.9 Å². The fraction of sp³-hybridized carbons (Fsp3) is 0.476. The third-order valence-electron chi connectivity index (χ3n) is 5.19. The summed E-state index contributed by atoms with van der Waals surface area (Å²) in [5, 5.41) is 13.0. The Balaban J connectivity index is 1.80. The van der Waals surface area contributed by atoms with Gasteiger partial charge in [-0.15, -0.1) is 0 Å². The van der Waals surface area contributed by atoms with E-state index >= 15 is 4.39 Å². The van der Waals surface area contributed by atoms with E-state index in [-0.39, 0.29) is 12.4 Å². The molecule has 0 bridgehead atoms. The van der Waals surface area contributed by atoms with Crippen molar-refractivity contribution in [3.63, 3.8) is 0 Å². The summed E-state index contributed by atoms with van der Waals surface area (Å²) in [4.78, 5) is 37.5. The second-order valence-corrected chi connectivity index (χ2v) is 9.63. The zero-order valence-electron chi connectivity index (χ0n) is 19.3. The fourth-order valence-corrected chi connectivity index (χ4v) is 4.90. The van der Waals surface area contributed by atoms with Gasteiger partial charge in [0.1, 0.15) is 24.0 Å². The van der Waals surface area contributed by atoms with Crippen molar-refractivity contribution in [2.75, 3.05) is 13.2 Å². The maximum atomic E-state index is 15.4. The summed E-state index contributed by atoms with van der Waals surface area (Å²) in [5.74, 6) is -0.556. The van der Waals surface area contributed by atoms with Crippen molar-refractivity contribution >= 4 is 13.7 Å². The van der Waals surface area contributed by atoms with E-state index in [4.69, 9.17) is 18.5 Å². The monoisotopic (exact) mass is 515 g/mol. The molecule has 2 aromatic rings. The van der Waals surface area contributed by atoms with E-state index in [0.29, 0.717) is 0 Å². The molecule has 35 heavy (non-hydrogen) atoms. The number of ether oxygens (including phenoxy) is 2. The van der Waals surface area contributed by atoms with Crippen LogP contribution in [0.3, 0.4) is 0 Å². The number of nitrogens with zero attached hydrogens (tertiary/aromatic N) is 1. The molecule has 6 atom stereocenters.